The van der Waals surface area contributed by atoms with Gasteiger partial charge in [0.2, 0.25) is 0 Å². The van der Waals surface area contributed by atoms with Crippen LogP contribution in [0.1, 0.15) is 45.7 Å². The lowest BCUT2D eigenvalue weighted by Gasteiger charge is -2.35. The van der Waals surface area contributed by atoms with Crippen LogP contribution in [0.4, 0.5) is 0 Å². The lowest BCUT2D eigenvalue weighted by Crippen LogP contribution is -2.34. The van der Waals surface area contributed by atoms with Gasteiger partial charge in [-0.1, -0.05) is 39.3 Å². The minimum atomic E-state index is 0.0984. The summed E-state index contributed by atoms with van der Waals surface area (Å²) in [5, 5.41) is 4.08. The Morgan fingerprint density at radius 2 is 1.85 bits per heavy atom. The van der Waals surface area contributed by atoms with Crippen molar-refractivity contribution < 1.29 is 9.47 Å². The molecule has 0 saturated carbocycles. The summed E-state index contributed by atoms with van der Waals surface area (Å²) in [5.74, 6) is 1.33. The van der Waals surface area contributed by atoms with Gasteiger partial charge in [0.25, 0.3) is 0 Å². The van der Waals surface area contributed by atoms with Crippen LogP contribution < -0.4 is 14.8 Å². The number of hydrogen-bond acceptors (Lipinski definition) is 3. The first kappa shape index (κ1) is 17.1. The van der Waals surface area contributed by atoms with Gasteiger partial charge < -0.3 is 14.8 Å². The Morgan fingerprint density at radius 3 is 2.30 bits per heavy atom. The predicted molar refractivity (Wildman–Crippen MR) is 85.0 cm³/mol. The van der Waals surface area contributed by atoms with Crippen molar-refractivity contribution in [2.45, 2.75) is 40.2 Å². The molecular formula is C16H26ClNO2. The Kier molecular flexibility index (Phi) is 6.15. The highest BCUT2D eigenvalue weighted by molar-refractivity contribution is 6.33. The van der Waals surface area contributed by atoms with Gasteiger partial charge in [-0.05, 0) is 30.5 Å². The number of methoxy groups -OCH3 is 2. The van der Waals surface area contributed by atoms with E-state index in [0.29, 0.717) is 16.5 Å². The largest absolute Gasteiger partial charge is 0.495 e. The van der Waals surface area contributed by atoms with Crippen LogP contribution in [0.3, 0.4) is 0 Å². The van der Waals surface area contributed by atoms with Gasteiger partial charge in [-0.2, -0.15) is 0 Å². The van der Waals surface area contributed by atoms with Gasteiger partial charge >= 0.3 is 0 Å². The standard InChI is InChI=1S/C16H26ClNO2/c1-7-16(3,4)15(18-8-2)11-9-10-12(19-5)13(17)14(11)20-6/h9-10,15,18H,7-8H2,1-6H3. The molecule has 4 heteroatoms. The molecule has 1 N–H and O–H groups in total. The van der Waals surface area contributed by atoms with Crippen molar-refractivity contribution in [2.75, 3.05) is 20.8 Å². The summed E-state index contributed by atoms with van der Waals surface area (Å²) >= 11 is 6.37. The second kappa shape index (κ2) is 7.19. The highest BCUT2D eigenvalue weighted by atomic mass is 35.5. The Labute approximate surface area is 127 Å². The zero-order chi connectivity index (χ0) is 15.3. The molecule has 1 rings (SSSR count). The van der Waals surface area contributed by atoms with Crippen molar-refractivity contribution in [3.05, 3.63) is 22.7 Å². The van der Waals surface area contributed by atoms with Crippen LogP contribution in [-0.2, 0) is 0 Å². The van der Waals surface area contributed by atoms with E-state index in [1.807, 2.05) is 12.1 Å². The summed E-state index contributed by atoms with van der Waals surface area (Å²) in [7, 11) is 3.25. The zero-order valence-electron chi connectivity index (χ0n) is 13.3. The molecule has 0 spiro atoms. The average Bonchev–Trinajstić information content (AvgIpc) is 2.44. The van der Waals surface area contributed by atoms with Crippen LogP contribution in [0.5, 0.6) is 11.5 Å². The van der Waals surface area contributed by atoms with Crippen molar-refractivity contribution in [3.8, 4) is 11.5 Å². The van der Waals surface area contributed by atoms with Crippen LogP contribution in [0.2, 0.25) is 5.02 Å². The van der Waals surface area contributed by atoms with Gasteiger partial charge in [0.15, 0.2) is 0 Å². The fraction of sp³-hybridized carbons (Fsp3) is 0.625. The lowest BCUT2D eigenvalue weighted by atomic mass is 9.78. The molecule has 0 amide bonds. The van der Waals surface area contributed by atoms with Crippen molar-refractivity contribution >= 4 is 11.6 Å². The van der Waals surface area contributed by atoms with Crippen molar-refractivity contribution in [1.29, 1.82) is 0 Å². The molecule has 1 atom stereocenters. The number of hydrogen-bond donors (Lipinski definition) is 1. The molecule has 1 aromatic rings. The maximum atomic E-state index is 6.37. The van der Waals surface area contributed by atoms with Crippen LogP contribution >= 0.6 is 11.6 Å². The normalized spacial score (nSPS) is 13.2. The van der Waals surface area contributed by atoms with Gasteiger partial charge in [-0.25, -0.2) is 0 Å². The predicted octanol–water partition coefficient (Wildman–Crippen LogP) is 4.44. The lowest BCUT2D eigenvalue weighted by molar-refractivity contribution is 0.231. The molecule has 0 aromatic heterocycles. The summed E-state index contributed by atoms with van der Waals surface area (Å²) in [6.45, 7) is 9.69. The third-order valence-electron chi connectivity index (χ3n) is 3.93. The van der Waals surface area contributed by atoms with Crippen LogP contribution in [0.25, 0.3) is 0 Å². The van der Waals surface area contributed by atoms with Gasteiger partial charge in [0, 0.05) is 11.6 Å². The molecule has 0 aliphatic heterocycles. The quantitative estimate of drug-likeness (QED) is 0.807. The molecule has 0 fully saturated rings. The van der Waals surface area contributed by atoms with Crippen LogP contribution in [0.15, 0.2) is 12.1 Å². The van der Waals surface area contributed by atoms with Gasteiger partial charge in [0.05, 0.1) is 14.2 Å². The van der Waals surface area contributed by atoms with E-state index < -0.39 is 0 Å². The second-order valence-electron chi connectivity index (χ2n) is 5.54. The monoisotopic (exact) mass is 299 g/mol. The fourth-order valence-corrected chi connectivity index (χ4v) is 2.69. The van der Waals surface area contributed by atoms with Gasteiger partial charge in [-0.3, -0.25) is 0 Å². The first-order chi connectivity index (χ1) is 9.42. The van der Waals surface area contributed by atoms with Crippen LogP contribution in [0, 0.1) is 5.41 Å². The summed E-state index contributed by atoms with van der Waals surface area (Å²) in [6.07, 6.45) is 1.05. The number of benzene rings is 1. The molecule has 0 radical (unpaired) electrons. The average molecular weight is 300 g/mol. The van der Waals surface area contributed by atoms with Crippen LogP contribution in [-0.4, -0.2) is 20.8 Å². The van der Waals surface area contributed by atoms with E-state index in [4.69, 9.17) is 21.1 Å². The minimum absolute atomic E-state index is 0.0984. The fourth-order valence-electron chi connectivity index (χ4n) is 2.36. The molecule has 0 heterocycles. The summed E-state index contributed by atoms with van der Waals surface area (Å²) in [4.78, 5) is 0. The Bertz CT molecular complexity index is 446. The number of nitrogens with one attached hydrogen (secondary N) is 1. The van der Waals surface area contributed by atoms with Crippen molar-refractivity contribution in [3.63, 3.8) is 0 Å². The van der Waals surface area contributed by atoms with E-state index in [2.05, 4.69) is 33.0 Å². The molecule has 0 aliphatic rings. The summed E-state index contributed by atoms with van der Waals surface area (Å²) in [5.41, 5.74) is 1.17. The Hall–Kier alpha value is -0.930. The molecule has 20 heavy (non-hydrogen) atoms. The molecule has 0 bridgehead atoms. The highest BCUT2D eigenvalue weighted by Gasteiger charge is 2.31. The zero-order valence-corrected chi connectivity index (χ0v) is 14.1. The first-order valence-corrected chi connectivity index (χ1v) is 7.44. The number of halogens is 1. The molecule has 1 aromatic carbocycles. The maximum Gasteiger partial charge on any atom is 0.146 e. The van der Waals surface area contributed by atoms with E-state index in [0.717, 1.165) is 18.5 Å². The third kappa shape index (κ3) is 3.39. The van der Waals surface area contributed by atoms with E-state index >= 15 is 0 Å². The maximum absolute atomic E-state index is 6.37. The van der Waals surface area contributed by atoms with E-state index in [1.54, 1.807) is 14.2 Å². The smallest absolute Gasteiger partial charge is 0.146 e. The molecule has 3 nitrogen and oxygen atoms in total. The van der Waals surface area contributed by atoms with E-state index in [1.165, 1.54) is 0 Å². The SMILES string of the molecule is CCNC(c1ccc(OC)c(Cl)c1OC)C(C)(C)CC. The number of rotatable bonds is 7. The van der Waals surface area contributed by atoms with E-state index in [9.17, 15) is 0 Å². The summed E-state index contributed by atoms with van der Waals surface area (Å²) in [6, 6.07) is 4.11. The molecule has 0 saturated heterocycles. The third-order valence-corrected chi connectivity index (χ3v) is 4.29. The van der Waals surface area contributed by atoms with E-state index in [-0.39, 0.29) is 11.5 Å². The Morgan fingerprint density at radius 1 is 1.20 bits per heavy atom. The molecule has 114 valence electrons. The number of ether oxygens (including phenoxy) is 2. The van der Waals surface area contributed by atoms with Crippen molar-refractivity contribution in [1.82, 2.24) is 5.32 Å². The minimum Gasteiger partial charge on any atom is -0.495 e. The summed E-state index contributed by atoms with van der Waals surface area (Å²) < 4.78 is 10.8. The highest BCUT2D eigenvalue weighted by Crippen LogP contribution is 2.45. The van der Waals surface area contributed by atoms with Gasteiger partial charge in [-0.15, -0.1) is 0 Å². The topological polar surface area (TPSA) is 30.5 Å². The van der Waals surface area contributed by atoms with Crippen molar-refractivity contribution in [2.24, 2.45) is 5.41 Å². The van der Waals surface area contributed by atoms with Gasteiger partial charge in [0.1, 0.15) is 16.5 Å². The molecule has 1 unspecified atom stereocenters. The molecule has 0 aliphatic carbocycles. The first-order valence-electron chi connectivity index (χ1n) is 7.06. The molecular weight excluding hydrogens is 274 g/mol. The second-order valence-corrected chi connectivity index (χ2v) is 5.92. The Balaban J connectivity index is 3.37.